The summed E-state index contributed by atoms with van der Waals surface area (Å²) in [6, 6.07) is 3.71. The molecule has 0 saturated heterocycles. The van der Waals surface area contributed by atoms with E-state index in [2.05, 4.69) is 20.8 Å². The Hall–Kier alpha value is -1.53. The van der Waals surface area contributed by atoms with Crippen LogP contribution in [-0.2, 0) is 4.74 Å². The second-order valence-electron chi connectivity index (χ2n) is 2.90. The Morgan fingerprint density at radius 1 is 1.56 bits per heavy atom. The van der Waals surface area contributed by atoms with Crippen LogP contribution in [0.5, 0.6) is 0 Å². The molecule has 0 amide bonds. The molecular weight excluding hydrogens is 224 g/mol. The molecule has 1 aromatic heterocycles. The first kappa shape index (κ1) is 12.5. The van der Waals surface area contributed by atoms with E-state index in [1.165, 1.54) is 0 Å². The molecule has 0 aliphatic rings. The molecule has 16 heavy (non-hydrogen) atoms. The summed E-state index contributed by atoms with van der Waals surface area (Å²) in [5.74, 6) is 0. The van der Waals surface area contributed by atoms with Gasteiger partial charge in [-0.1, -0.05) is 0 Å². The highest BCUT2D eigenvalue weighted by Gasteiger charge is 1.90. The van der Waals surface area contributed by atoms with Gasteiger partial charge in [0.05, 0.1) is 12.8 Å². The quantitative estimate of drug-likeness (QED) is 0.339. The Kier molecular flexibility index (Phi) is 6.05. The van der Waals surface area contributed by atoms with Crippen molar-refractivity contribution in [1.29, 1.82) is 0 Å². The highest BCUT2D eigenvalue weighted by molar-refractivity contribution is 7.80. The van der Waals surface area contributed by atoms with E-state index in [0.717, 1.165) is 5.56 Å². The van der Waals surface area contributed by atoms with Crippen LogP contribution in [0, 0.1) is 0 Å². The summed E-state index contributed by atoms with van der Waals surface area (Å²) in [6.07, 6.45) is 5.08. The van der Waals surface area contributed by atoms with Crippen molar-refractivity contribution in [2.24, 2.45) is 5.10 Å². The van der Waals surface area contributed by atoms with Crippen molar-refractivity contribution >= 4 is 23.5 Å². The molecule has 0 spiro atoms. The number of hydrogen-bond donors (Lipinski definition) is 2. The minimum atomic E-state index is 0.474. The van der Waals surface area contributed by atoms with Crippen molar-refractivity contribution in [3.63, 3.8) is 0 Å². The molecule has 1 heterocycles. The fraction of sp³-hybridized carbons (Fsp3) is 0.300. The number of hydrazone groups is 1. The molecule has 0 aliphatic carbocycles. The molecule has 0 fully saturated rings. The fourth-order valence-corrected chi connectivity index (χ4v) is 1.08. The van der Waals surface area contributed by atoms with Crippen molar-refractivity contribution in [2.45, 2.75) is 0 Å². The molecule has 1 aromatic rings. The van der Waals surface area contributed by atoms with E-state index < -0.39 is 0 Å². The number of pyridine rings is 1. The highest BCUT2D eigenvalue weighted by Crippen LogP contribution is 1.89. The molecule has 6 heteroatoms. The van der Waals surface area contributed by atoms with Gasteiger partial charge in [0.2, 0.25) is 0 Å². The average molecular weight is 238 g/mol. The van der Waals surface area contributed by atoms with Crippen LogP contribution in [0.3, 0.4) is 0 Å². The van der Waals surface area contributed by atoms with Gasteiger partial charge in [0.15, 0.2) is 5.11 Å². The molecular formula is C10H14N4OS. The van der Waals surface area contributed by atoms with Crippen molar-refractivity contribution in [1.82, 2.24) is 15.7 Å². The number of methoxy groups -OCH3 is 1. The van der Waals surface area contributed by atoms with E-state index in [1.54, 1.807) is 25.7 Å². The van der Waals surface area contributed by atoms with Gasteiger partial charge in [0.1, 0.15) is 0 Å². The summed E-state index contributed by atoms with van der Waals surface area (Å²) in [5.41, 5.74) is 3.66. The normalized spacial score (nSPS) is 10.3. The zero-order valence-electron chi connectivity index (χ0n) is 9.01. The monoisotopic (exact) mass is 238 g/mol. The predicted octanol–water partition coefficient (Wildman–Crippen LogP) is 0.526. The van der Waals surface area contributed by atoms with Crippen molar-refractivity contribution in [3.8, 4) is 0 Å². The van der Waals surface area contributed by atoms with Crippen molar-refractivity contribution in [2.75, 3.05) is 20.3 Å². The van der Waals surface area contributed by atoms with Crippen LogP contribution < -0.4 is 10.7 Å². The highest BCUT2D eigenvalue weighted by atomic mass is 32.1. The Labute approximate surface area is 99.9 Å². The summed E-state index contributed by atoms with van der Waals surface area (Å²) in [4.78, 5) is 3.90. The van der Waals surface area contributed by atoms with Gasteiger partial charge < -0.3 is 10.1 Å². The second-order valence-corrected chi connectivity index (χ2v) is 3.31. The average Bonchev–Trinajstić information content (AvgIpc) is 2.31. The van der Waals surface area contributed by atoms with Gasteiger partial charge in [-0.3, -0.25) is 10.4 Å². The molecule has 5 nitrogen and oxygen atoms in total. The lowest BCUT2D eigenvalue weighted by Gasteiger charge is -2.05. The number of aromatic nitrogens is 1. The Balaban J connectivity index is 2.24. The van der Waals surface area contributed by atoms with E-state index in [1.807, 2.05) is 12.1 Å². The smallest absolute Gasteiger partial charge is 0.187 e. The van der Waals surface area contributed by atoms with Crippen LogP contribution in [0.4, 0.5) is 0 Å². The minimum absolute atomic E-state index is 0.474. The molecule has 2 N–H and O–H groups in total. The van der Waals surface area contributed by atoms with Crippen LogP contribution in [0.15, 0.2) is 29.6 Å². The molecule has 0 atom stereocenters. The van der Waals surface area contributed by atoms with Gasteiger partial charge in [-0.05, 0) is 29.9 Å². The standard InChI is InChI=1S/C10H14N4OS/c1-15-7-6-12-10(16)14-13-8-9-2-4-11-5-3-9/h2-5,8H,6-7H2,1H3,(H2,12,14,16). The topological polar surface area (TPSA) is 58.5 Å². The van der Waals surface area contributed by atoms with E-state index in [4.69, 9.17) is 17.0 Å². The molecule has 0 unspecified atom stereocenters. The number of ether oxygens (including phenoxy) is 1. The second kappa shape index (κ2) is 7.72. The largest absolute Gasteiger partial charge is 0.383 e. The zero-order valence-corrected chi connectivity index (χ0v) is 9.83. The summed E-state index contributed by atoms with van der Waals surface area (Å²) in [5, 5.41) is 7.39. The number of hydrogen-bond acceptors (Lipinski definition) is 4. The minimum Gasteiger partial charge on any atom is -0.383 e. The maximum Gasteiger partial charge on any atom is 0.187 e. The Bertz CT molecular complexity index is 342. The zero-order chi connectivity index (χ0) is 11.6. The van der Waals surface area contributed by atoms with Gasteiger partial charge in [-0.15, -0.1) is 0 Å². The van der Waals surface area contributed by atoms with Crippen LogP contribution in [0.1, 0.15) is 5.56 Å². The molecule has 0 radical (unpaired) electrons. The van der Waals surface area contributed by atoms with Crippen LogP contribution in [0.25, 0.3) is 0 Å². The Morgan fingerprint density at radius 2 is 2.31 bits per heavy atom. The molecule has 0 aromatic carbocycles. The van der Waals surface area contributed by atoms with Gasteiger partial charge in [0.25, 0.3) is 0 Å². The van der Waals surface area contributed by atoms with Crippen LogP contribution in [-0.4, -0.2) is 36.6 Å². The summed E-state index contributed by atoms with van der Waals surface area (Å²) in [7, 11) is 1.64. The maximum atomic E-state index is 4.98. The van der Waals surface area contributed by atoms with E-state index in [-0.39, 0.29) is 0 Å². The van der Waals surface area contributed by atoms with E-state index in [0.29, 0.717) is 18.3 Å². The third-order valence-electron chi connectivity index (χ3n) is 1.68. The summed E-state index contributed by atoms with van der Waals surface area (Å²) >= 11 is 4.98. The van der Waals surface area contributed by atoms with Crippen molar-refractivity contribution in [3.05, 3.63) is 30.1 Å². The first-order valence-electron chi connectivity index (χ1n) is 4.79. The van der Waals surface area contributed by atoms with E-state index in [9.17, 15) is 0 Å². The van der Waals surface area contributed by atoms with Crippen molar-refractivity contribution < 1.29 is 4.74 Å². The van der Waals surface area contributed by atoms with Crippen LogP contribution in [0.2, 0.25) is 0 Å². The lowest BCUT2D eigenvalue weighted by Crippen LogP contribution is -2.34. The number of rotatable bonds is 5. The van der Waals surface area contributed by atoms with E-state index >= 15 is 0 Å². The third kappa shape index (κ3) is 5.38. The molecule has 86 valence electrons. The van der Waals surface area contributed by atoms with Gasteiger partial charge >= 0.3 is 0 Å². The maximum absolute atomic E-state index is 4.98. The lowest BCUT2D eigenvalue weighted by molar-refractivity contribution is 0.204. The van der Waals surface area contributed by atoms with Gasteiger partial charge in [0, 0.05) is 26.0 Å². The SMILES string of the molecule is COCCNC(=S)NN=Cc1ccncc1. The third-order valence-corrected chi connectivity index (χ3v) is 1.91. The lowest BCUT2D eigenvalue weighted by atomic mass is 10.3. The number of thiocarbonyl (C=S) groups is 1. The summed E-state index contributed by atoms with van der Waals surface area (Å²) in [6.45, 7) is 1.27. The fourth-order valence-electron chi connectivity index (χ4n) is 0.921. The first-order chi connectivity index (χ1) is 7.83. The molecule has 1 rings (SSSR count). The molecule has 0 saturated carbocycles. The number of nitrogens with zero attached hydrogens (tertiary/aromatic N) is 2. The Morgan fingerprint density at radius 3 is 3.00 bits per heavy atom. The molecule has 0 bridgehead atoms. The molecule has 0 aliphatic heterocycles. The predicted molar refractivity (Wildman–Crippen MR) is 67.4 cm³/mol. The van der Waals surface area contributed by atoms with Gasteiger partial charge in [-0.2, -0.15) is 5.10 Å². The van der Waals surface area contributed by atoms with Crippen LogP contribution >= 0.6 is 12.2 Å². The van der Waals surface area contributed by atoms with Gasteiger partial charge in [-0.25, -0.2) is 0 Å². The first-order valence-corrected chi connectivity index (χ1v) is 5.19. The number of nitrogens with one attached hydrogen (secondary N) is 2. The summed E-state index contributed by atoms with van der Waals surface area (Å²) < 4.78 is 4.87.